The summed E-state index contributed by atoms with van der Waals surface area (Å²) in [5.74, 6) is 0.162. The molecule has 4 unspecified atom stereocenters. The normalized spacial score (nSPS) is 29.3. The number of nitrogen functional groups attached to an aromatic ring is 2. The summed E-state index contributed by atoms with van der Waals surface area (Å²) in [7, 11) is 1.45. The Balaban J connectivity index is 2.08. The van der Waals surface area contributed by atoms with E-state index >= 15 is 0 Å². The molecule has 6 N–H and O–H groups in total. The quantitative estimate of drug-likeness (QED) is 0.516. The van der Waals surface area contributed by atoms with Gasteiger partial charge in [-0.05, 0) is 0 Å². The summed E-state index contributed by atoms with van der Waals surface area (Å²) >= 11 is 0. The molecule has 3 rings (SSSR count). The van der Waals surface area contributed by atoms with E-state index in [-0.39, 0.29) is 18.4 Å². The molecule has 1 aliphatic heterocycles. The van der Waals surface area contributed by atoms with Crippen LogP contribution in [0.2, 0.25) is 0 Å². The van der Waals surface area contributed by atoms with Gasteiger partial charge in [0.1, 0.15) is 23.8 Å². The number of rotatable bonds is 3. The molecule has 0 aliphatic carbocycles. The zero-order valence-corrected chi connectivity index (χ0v) is 11.2. The molecule has 0 amide bonds. The van der Waals surface area contributed by atoms with Gasteiger partial charge in [0.05, 0.1) is 12.9 Å². The number of fused-ring (bicyclic) bond motifs is 1. The molecule has 2 aromatic heterocycles. The van der Waals surface area contributed by atoms with Gasteiger partial charge in [-0.1, -0.05) is 0 Å². The molecule has 4 atom stereocenters. The van der Waals surface area contributed by atoms with E-state index in [1.807, 2.05) is 0 Å². The van der Waals surface area contributed by atoms with Crippen molar-refractivity contribution in [2.45, 2.75) is 24.5 Å². The molecule has 21 heavy (non-hydrogen) atoms. The van der Waals surface area contributed by atoms with Crippen molar-refractivity contribution in [3.63, 3.8) is 0 Å². The number of aromatic nitrogens is 4. The lowest BCUT2D eigenvalue weighted by Crippen LogP contribution is -2.34. The SMILES string of the molecule is COC1C(O)C(CO)OC1n1cnc2c(N)nc(N)nc21. The molecule has 0 radical (unpaired) electrons. The first kappa shape index (κ1) is 13.9. The number of hydrogen-bond donors (Lipinski definition) is 4. The fourth-order valence-corrected chi connectivity index (χ4v) is 2.49. The van der Waals surface area contributed by atoms with Crippen LogP contribution in [0.1, 0.15) is 6.23 Å². The van der Waals surface area contributed by atoms with Crippen LogP contribution in [0.15, 0.2) is 6.33 Å². The number of anilines is 2. The van der Waals surface area contributed by atoms with E-state index in [9.17, 15) is 10.2 Å². The summed E-state index contributed by atoms with van der Waals surface area (Å²) in [6.07, 6.45) is -1.66. The second kappa shape index (κ2) is 5.07. The Morgan fingerprint density at radius 1 is 1.43 bits per heavy atom. The highest BCUT2D eigenvalue weighted by atomic mass is 16.6. The number of nitrogens with zero attached hydrogens (tertiary/aromatic N) is 4. The maximum Gasteiger partial charge on any atom is 0.224 e. The molecule has 2 aromatic rings. The van der Waals surface area contributed by atoms with Crippen LogP contribution in [0.3, 0.4) is 0 Å². The average Bonchev–Trinajstić information content (AvgIpc) is 2.99. The lowest BCUT2D eigenvalue weighted by Gasteiger charge is -2.19. The zero-order chi connectivity index (χ0) is 15.1. The van der Waals surface area contributed by atoms with E-state index in [1.165, 1.54) is 13.4 Å². The smallest absolute Gasteiger partial charge is 0.224 e. The molecule has 0 aromatic carbocycles. The van der Waals surface area contributed by atoms with Crippen LogP contribution in [0.25, 0.3) is 11.2 Å². The number of hydrogen-bond acceptors (Lipinski definition) is 9. The number of aliphatic hydroxyl groups excluding tert-OH is 2. The first-order chi connectivity index (χ1) is 10.1. The molecule has 3 heterocycles. The van der Waals surface area contributed by atoms with Crippen LogP contribution < -0.4 is 11.5 Å². The van der Waals surface area contributed by atoms with Crippen molar-refractivity contribution in [3.8, 4) is 0 Å². The molecule has 10 nitrogen and oxygen atoms in total. The van der Waals surface area contributed by atoms with Crippen molar-refractivity contribution in [2.24, 2.45) is 0 Å². The van der Waals surface area contributed by atoms with E-state index in [4.69, 9.17) is 20.9 Å². The Morgan fingerprint density at radius 2 is 2.19 bits per heavy atom. The van der Waals surface area contributed by atoms with Gasteiger partial charge in [0.2, 0.25) is 5.95 Å². The van der Waals surface area contributed by atoms with Crippen molar-refractivity contribution in [1.82, 2.24) is 19.5 Å². The number of imidazole rings is 1. The molecule has 0 saturated carbocycles. The molecule has 0 spiro atoms. The predicted octanol–water partition coefficient (Wildman–Crippen LogP) is -1.74. The highest BCUT2D eigenvalue weighted by Gasteiger charge is 2.45. The van der Waals surface area contributed by atoms with E-state index in [0.29, 0.717) is 11.2 Å². The highest BCUT2D eigenvalue weighted by Crippen LogP contribution is 2.33. The molecule has 1 fully saturated rings. The van der Waals surface area contributed by atoms with E-state index in [1.54, 1.807) is 4.57 Å². The van der Waals surface area contributed by atoms with Gasteiger partial charge in [-0.25, -0.2) is 4.98 Å². The fourth-order valence-electron chi connectivity index (χ4n) is 2.49. The fraction of sp³-hybridized carbons (Fsp3) is 0.545. The molecule has 0 bridgehead atoms. The summed E-state index contributed by atoms with van der Waals surface area (Å²) in [6.45, 7) is -0.330. The van der Waals surface area contributed by atoms with E-state index in [2.05, 4.69) is 15.0 Å². The Kier molecular flexibility index (Phi) is 3.37. The summed E-state index contributed by atoms with van der Waals surface area (Å²) in [5, 5.41) is 19.3. The minimum absolute atomic E-state index is 0.00738. The predicted molar refractivity (Wildman–Crippen MR) is 71.9 cm³/mol. The van der Waals surface area contributed by atoms with Crippen molar-refractivity contribution in [2.75, 3.05) is 25.2 Å². The monoisotopic (exact) mass is 296 g/mol. The van der Waals surface area contributed by atoms with Crippen molar-refractivity contribution in [1.29, 1.82) is 0 Å². The average molecular weight is 296 g/mol. The van der Waals surface area contributed by atoms with E-state index in [0.717, 1.165) is 0 Å². The molecule has 10 heteroatoms. The standard InChI is InChI=1S/C11H16N6O4/c1-20-7-6(19)4(2-18)21-10(7)17-3-14-5-8(12)15-11(13)16-9(5)17/h3-4,6-7,10,18-19H,2H2,1H3,(H4,12,13,15,16). The van der Waals surface area contributed by atoms with Gasteiger partial charge in [0.15, 0.2) is 17.7 Å². The minimum Gasteiger partial charge on any atom is -0.394 e. The molecular formula is C11H16N6O4. The van der Waals surface area contributed by atoms with E-state index < -0.39 is 24.5 Å². The van der Waals surface area contributed by atoms with Crippen LogP contribution in [0.5, 0.6) is 0 Å². The van der Waals surface area contributed by atoms with Crippen LogP contribution >= 0.6 is 0 Å². The third kappa shape index (κ3) is 2.08. The number of ether oxygens (including phenoxy) is 2. The third-order valence-electron chi connectivity index (χ3n) is 3.50. The van der Waals surface area contributed by atoms with Gasteiger partial charge in [-0.15, -0.1) is 0 Å². The topological polar surface area (TPSA) is 155 Å². The van der Waals surface area contributed by atoms with Gasteiger partial charge < -0.3 is 31.2 Å². The second-order valence-electron chi connectivity index (χ2n) is 4.73. The number of methoxy groups -OCH3 is 1. The van der Waals surface area contributed by atoms with Crippen molar-refractivity contribution < 1.29 is 19.7 Å². The van der Waals surface area contributed by atoms with Crippen LogP contribution in [-0.2, 0) is 9.47 Å². The van der Waals surface area contributed by atoms with Crippen LogP contribution in [0.4, 0.5) is 11.8 Å². The van der Waals surface area contributed by atoms with Gasteiger partial charge in [0.25, 0.3) is 0 Å². The maximum absolute atomic E-state index is 10.1. The minimum atomic E-state index is -0.973. The largest absolute Gasteiger partial charge is 0.394 e. The molecular weight excluding hydrogens is 280 g/mol. The summed E-state index contributed by atoms with van der Waals surface area (Å²) in [5.41, 5.74) is 12.1. The lowest BCUT2D eigenvalue weighted by atomic mass is 10.1. The Hall–Kier alpha value is -2.01. The zero-order valence-electron chi connectivity index (χ0n) is 11.2. The van der Waals surface area contributed by atoms with Crippen LogP contribution in [0, 0.1) is 0 Å². The molecule has 1 aliphatic rings. The lowest BCUT2D eigenvalue weighted by molar-refractivity contribution is -0.0583. The second-order valence-corrected chi connectivity index (χ2v) is 4.73. The van der Waals surface area contributed by atoms with Crippen LogP contribution in [-0.4, -0.2) is 61.8 Å². The van der Waals surface area contributed by atoms with Crippen molar-refractivity contribution in [3.05, 3.63) is 6.33 Å². The van der Waals surface area contributed by atoms with Gasteiger partial charge in [-0.2, -0.15) is 9.97 Å². The summed E-state index contributed by atoms with van der Waals surface area (Å²) in [6, 6.07) is 0. The Bertz CT molecular complexity index is 661. The number of nitrogens with two attached hydrogens (primary N) is 2. The highest BCUT2D eigenvalue weighted by molar-refractivity contribution is 5.82. The molecule has 114 valence electrons. The summed E-state index contributed by atoms with van der Waals surface area (Å²) < 4.78 is 12.4. The first-order valence-electron chi connectivity index (χ1n) is 6.29. The van der Waals surface area contributed by atoms with Crippen molar-refractivity contribution >= 4 is 22.9 Å². The van der Waals surface area contributed by atoms with Gasteiger partial charge in [0, 0.05) is 7.11 Å². The Morgan fingerprint density at radius 3 is 2.86 bits per heavy atom. The third-order valence-corrected chi connectivity index (χ3v) is 3.50. The van der Waals surface area contributed by atoms with Gasteiger partial charge in [-0.3, -0.25) is 4.57 Å². The molecule has 1 saturated heterocycles. The summed E-state index contributed by atoms with van der Waals surface area (Å²) in [4.78, 5) is 12.1. The first-order valence-corrected chi connectivity index (χ1v) is 6.29. The van der Waals surface area contributed by atoms with Gasteiger partial charge >= 0.3 is 0 Å². The number of aliphatic hydroxyl groups is 2. The maximum atomic E-state index is 10.1. The Labute approximate surface area is 119 Å².